The van der Waals surface area contributed by atoms with E-state index in [-0.39, 0.29) is 11.8 Å². The van der Waals surface area contributed by atoms with Gasteiger partial charge in [-0.3, -0.25) is 4.79 Å². The van der Waals surface area contributed by atoms with Crippen LogP contribution in [0.25, 0.3) is 0 Å². The zero-order valence-electron chi connectivity index (χ0n) is 12.2. The van der Waals surface area contributed by atoms with E-state index in [0.29, 0.717) is 0 Å². The average molecular weight is 258 g/mol. The summed E-state index contributed by atoms with van der Waals surface area (Å²) in [6, 6.07) is -1.30. The van der Waals surface area contributed by atoms with Crippen LogP contribution in [-0.2, 0) is 14.3 Å². The summed E-state index contributed by atoms with van der Waals surface area (Å²) in [4.78, 5) is 23.7. The van der Waals surface area contributed by atoms with E-state index in [2.05, 4.69) is 5.32 Å². The summed E-state index contributed by atoms with van der Waals surface area (Å²) in [6.45, 7) is 9.48. The Hall–Kier alpha value is -1.10. The molecular weight excluding hydrogens is 232 g/mol. The summed E-state index contributed by atoms with van der Waals surface area (Å²) < 4.78 is 4.71. The zero-order chi connectivity index (χ0) is 14.5. The summed E-state index contributed by atoms with van der Waals surface area (Å²) in [5, 5.41) is 2.68. The van der Waals surface area contributed by atoms with E-state index in [1.54, 1.807) is 0 Å². The average Bonchev–Trinajstić information content (AvgIpc) is 2.31. The van der Waals surface area contributed by atoms with Gasteiger partial charge in [-0.1, -0.05) is 41.0 Å². The molecule has 0 spiro atoms. The molecule has 0 aromatic rings. The minimum absolute atomic E-state index is 0.0725. The molecule has 0 heterocycles. The molecule has 0 aliphatic carbocycles. The maximum absolute atomic E-state index is 12.0. The van der Waals surface area contributed by atoms with Crippen molar-refractivity contribution in [3.05, 3.63) is 0 Å². The third-order valence-electron chi connectivity index (χ3n) is 3.15. The molecule has 0 aromatic carbocycles. The van der Waals surface area contributed by atoms with E-state index in [1.807, 2.05) is 34.6 Å². The van der Waals surface area contributed by atoms with Gasteiger partial charge in [-0.2, -0.15) is 0 Å². The number of esters is 1. The van der Waals surface area contributed by atoms with Gasteiger partial charge in [-0.25, -0.2) is 4.79 Å². The van der Waals surface area contributed by atoms with Gasteiger partial charge in [0, 0.05) is 0 Å². The SMILES string of the molecule is CCC(C)[C@H](N)C(=O)N[C@H](C(=O)OC)C(C)(C)C. The summed E-state index contributed by atoms with van der Waals surface area (Å²) in [6.07, 6.45) is 0.812. The van der Waals surface area contributed by atoms with Crippen LogP contribution in [0.5, 0.6) is 0 Å². The van der Waals surface area contributed by atoms with E-state index in [9.17, 15) is 9.59 Å². The van der Waals surface area contributed by atoms with Crippen LogP contribution in [0.4, 0.5) is 0 Å². The Kier molecular flexibility index (Phi) is 6.32. The number of carbonyl (C=O) groups excluding carboxylic acids is 2. The van der Waals surface area contributed by atoms with Crippen molar-refractivity contribution in [2.45, 2.75) is 53.1 Å². The largest absolute Gasteiger partial charge is 0.467 e. The van der Waals surface area contributed by atoms with Crippen LogP contribution in [0.3, 0.4) is 0 Å². The Bertz CT molecular complexity index is 297. The first-order valence-corrected chi connectivity index (χ1v) is 6.28. The van der Waals surface area contributed by atoms with Crippen LogP contribution < -0.4 is 11.1 Å². The second kappa shape index (κ2) is 6.73. The molecule has 5 heteroatoms. The lowest BCUT2D eigenvalue weighted by Gasteiger charge is -2.30. The summed E-state index contributed by atoms with van der Waals surface area (Å²) in [5.74, 6) is -0.690. The number of hydrogen-bond donors (Lipinski definition) is 2. The summed E-state index contributed by atoms with van der Waals surface area (Å²) >= 11 is 0. The van der Waals surface area contributed by atoms with Crippen LogP contribution in [0.2, 0.25) is 0 Å². The molecule has 1 amide bonds. The van der Waals surface area contributed by atoms with Crippen molar-refractivity contribution in [1.82, 2.24) is 5.32 Å². The van der Waals surface area contributed by atoms with Gasteiger partial charge >= 0.3 is 5.97 Å². The van der Waals surface area contributed by atoms with Gasteiger partial charge < -0.3 is 15.8 Å². The van der Waals surface area contributed by atoms with Gasteiger partial charge in [0.2, 0.25) is 5.91 Å². The number of amides is 1. The fraction of sp³-hybridized carbons (Fsp3) is 0.846. The number of rotatable bonds is 5. The van der Waals surface area contributed by atoms with Crippen LogP contribution in [-0.4, -0.2) is 31.1 Å². The Labute approximate surface area is 109 Å². The molecule has 0 aliphatic rings. The lowest BCUT2D eigenvalue weighted by molar-refractivity contribution is -0.148. The van der Waals surface area contributed by atoms with Gasteiger partial charge in [-0.15, -0.1) is 0 Å². The van der Waals surface area contributed by atoms with Crippen LogP contribution in [0, 0.1) is 11.3 Å². The first-order valence-electron chi connectivity index (χ1n) is 6.28. The third kappa shape index (κ3) is 4.64. The molecule has 18 heavy (non-hydrogen) atoms. The van der Waals surface area contributed by atoms with Crippen molar-refractivity contribution in [1.29, 1.82) is 0 Å². The number of hydrogen-bond acceptors (Lipinski definition) is 4. The molecule has 0 aromatic heterocycles. The van der Waals surface area contributed by atoms with Crippen molar-refractivity contribution in [3.8, 4) is 0 Å². The lowest BCUT2D eigenvalue weighted by Crippen LogP contribution is -2.55. The van der Waals surface area contributed by atoms with E-state index < -0.39 is 23.5 Å². The van der Waals surface area contributed by atoms with Gasteiger partial charge in [0.15, 0.2) is 0 Å². The molecule has 0 bridgehead atoms. The normalized spacial score (nSPS) is 16.6. The predicted molar refractivity (Wildman–Crippen MR) is 70.8 cm³/mol. The quantitative estimate of drug-likeness (QED) is 0.723. The maximum atomic E-state index is 12.0. The van der Waals surface area contributed by atoms with Crippen LogP contribution in [0.15, 0.2) is 0 Å². The first kappa shape index (κ1) is 16.9. The molecule has 0 saturated carbocycles. The van der Waals surface area contributed by atoms with Crippen molar-refractivity contribution < 1.29 is 14.3 Å². The highest BCUT2D eigenvalue weighted by atomic mass is 16.5. The topological polar surface area (TPSA) is 81.4 Å². The summed E-state index contributed by atoms with van der Waals surface area (Å²) in [7, 11) is 1.31. The monoisotopic (exact) mass is 258 g/mol. The standard InChI is InChI=1S/C13H26N2O3/c1-7-8(2)9(14)11(16)15-10(12(17)18-6)13(3,4)5/h8-10H,7,14H2,1-6H3,(H,15,16)/t8?,9-,10+/m0/s1. The second-order valence-electron chi connectivity index (χ2n) is 5.74. The molecule has 3 N–H and O–H groups in total. The van der Waals surface area contributed by atoms with E-state index >= 15 is 0 Å². The van der Waals surface area contributed by atoms with Crippen molar-refractivity contribution in [3.63, 3.8) is 0 Å². The highest BCUT2D eigenvalue weighted by Gasteiger charge is 2.35. The number of methoxy groups -OCH3 is 1. The minimum Gasteiger partial charge on any atom is -0.467 e. The molecule has 1 unspecified atom stereocenters. The van der Waals surface area contributed by atoms with E-state index in [0.717, 1.165) is 6.42 Å². The minimum atomic E-state index is -0.690. The predicted octanol–water partition coefficient (Wildman–Crippen LogP) is 1.06. The number of ether oxygens (including phenoxy) is 1. The number of carbonyl (C=O) groups is 2. The highest BCUT2D eigenvalue weighted by molar-refractivity contribution is 5.88. The van der Waals surface area contributed by atoms with E-state index in [1.165, 1.54) is 7.11 Å². The fourth-order valence-electron chi connectivity index (χ4n) is 1.50. The van der Waals surface area contributed by atoms with Gasteiger partial charge in [0.1, 0.15) is 6.04 Å². The summed E-state index contributed by atoms with van der Waals surface area (Å²) in [5.41, 5.74) is 5.42. The fourth-order valence-corrected chi connectivity index (χ4v) is 1.50. The van der Waals surface area contributed by atoms with Crippen molar-refractivity contribution in [2.24, 2.45) is 17.1 Å². The van der Waals surface area contributed by atoms with Gasteiger partial charge in [-0.05, 0) is 11.3 Å². The Morgan fingerprint density at radius 2 is 1.83 bits per heavy atom. The molecule has 106 valence electrons. The number of nitrogens with two attached hydrogens (primary N) is 1. The molecule has 0 saturated heterocycles. The number of nitrogens with one attached hydrogen (secondary N) is 1. The van der Waals surface area contributed by atoms with E-state index in [4.69, 9.17) is 10.5 Å². The molecule has 0 radical (unpaired) electrons. The van der Waals surface area contributed by atoms with Gasteiger partial charge in [0.25, 0.3) is 0 Å². The van der Waals surface area contributed by atoms with Gasteiger partial charge in [0.05, 0.1) is 13.2 Å². The molecule has 0 aliphatic heterocycles. The zero-order valence-corrected chi connectivity index (χ0v) is 12.2. The lowest BCUT2D eigenvalue weighted by atomic mass is 9.86. The Morgan fingerprint density at radius 3 is 2.17 bits per heavy atom. The maximum Gasteiger partial charge on any atom is 0.328 e. The molecule has 0 fully saturated rings. The van der Waals surface area contributed by atoms with Crippen LogP contribution in [0.1, 0.15) is 41.0 Å². The second-order valence-corrected chi connectivity index (χ2v) is 5.74. The Morgan fingerprint density at radius 1 is 1.33 bits per heavy atom. The molecular formula is C13H26N2O3. The van der Waals surface area contributed by atoms with Crippen LogP contribution >= 0.6 is 0 Å². The smallest absolute Gasteiger partial charge is 0.328 e. The van der Waals surface area contributed by atoms with Crippen molar-refractivity contribution in [2.75, 3.05) is 7.11 Å². The first-order chi connectivity index (χ1) is 8.15. The third-order valence-corrected chi connectivity index (χ3v) is 3.15. The van der Waals surface area contributed by atoms with Crippen molar-refractivity contribution >= 4 is 11.9 Å². The Balaban J connectivity index is 4.80. The highest BCUT2D eigenvalue weighted by Crippen LogP contribution is 2.20. The molecule has 3 atom stereocenters. The molecule has 5 nitrogen and oxygen atoms in total. The molecule has 0 rings (SSSR count).